The van der Waals surface area contributed by atoms with Crippen LogP contribution in [0.3, 0.4) is 0 Å². The van der Waals surface area contributed by atoms with E-state index in [1.54, 1.807) is 12.1 Å². The highest BCUT2D eigenvalue weighted by molar-refractivity contribution is 7.14. The zero-order valence-electron chi connectivity index (χ0n) is 16.9. The minimum atomic E-state index is -4.70. The maximum Gasteiger partial charge on any atom is 0.418 e. The van der Waals surface area contributed by atoms with Crippen LogP contribution in [0, 0.1) is 17.1 Å². The number of alkyl halides is 3. The third kappa shape index (κ3) is 5.42. The number of thiazole rings is 1. The Morgan fingerprint density at radius 2 is 1.82 bits per heavy atom. The Kier molecular flexibility index (Phi) is 6.89. The van der Waals surface area contributed by atoms with Crippen LogP contribution in [0.4, 0.5) is 34.1 Å². The lowest BCUT2D eigenvalue weighted by Crippen LogP contribution is -2.23. The number of amides is 2. The largest absolute Gasteiger partial charge is 0.418 e. The smallest absolute Gasteiger partial charge is 0.321 e. The molecule has 1 aromatic heterocycles. The summed E-state index contributed by atoms with van der Waals surface area (Å²) in [4.78, 5) is 29.7. The van der Waals surface area contributed by atoms with E-state index in [-0.39, 0.29) is 16.5 Å². The average Bonchev–Trinajstić information content (AvgIpc) is 3.21. The Morgan fingerprint density at radius 3 is 2.45 bits per heavy atom. The van der Waals surface area contributed by atoms with Crippen molar-refractivity contribution in [3.63, 3.8) is 0 Å². The Labute approximate surface area is 189 Å². The molecule has 3 aromatic rings. The number of carbonyl (C=O) groups is 2. The summed E-state index contributed by atoms with van der Waals surface area (Å²) in [5.41, 5.74) is -2.01. The molecule has 0 aliphatic carbocycles. The molecule has 3 rings (SSSR count). The standard InChI is InChI=1S/C22H14F4N4O2S/c1-13(31)30(19-9-5-3-7-17(19)23)21-28-15(12-33-21)10-14(11-27)20(32)29-18-8-4-2-6-16(18)22(24,25)26/h2-10,12H,1H3,(H,29,32)/b14-10+. The fourth-order valence-electron chi connectivity index (χ4n) is 2.81. The summed E-state index contributed by atoms with van der Waals surface area (Å²) in [6.07, 6.45) is -3.64. The van der Waals surface area contributed by atoms with Gasteiger partial charge < -0.3 is 5.32 Å². The molecule has 11 heteroatoms. The molecule has 0 fully saturated rings. The van der Waals surface area contributed by atoms with E-state index in [0.29, 0.717) is 0 Å². The first-order valence-corrected chi connectivity index (χ1v) is 10.1. The van der Waals surface area contributed by atoms with Gasteiger partial charge in [0.05, 0.1) is 22.6 Å². The lowest BCUT2D eigenvalue weighted by molar-refractivity contribution is -0.137. The topological polar surface area (TPSA) is 86.1 Å². The van der Waals surface area contributed by atoms with Crippen LogP contribution in [0.5, 0.6) is 0 Å². The Hall–Kier alpha value is -4.04. The SMILES string of the molecule is CC(=O)N(c1nc(/C=C(\C#N)C(=O)Nc2ccccc2C(F)(F)F)cs1)c1ccccc1F. The first kappa shape index (κ1) is 23.6. The van der Waals surface area contributed by atoms with Crippen molar-refractivity contribution in [1.82, 2.24) is 4.98 Å². The molecule has 1 heterocycles. The highest BCUT2D eigenvalue weighted by Crippen LogP contribution is 2.35. The second-order valence-corrected chi connectivity index (χ2v) is 7.36. The summed E-state index contributed by atoms with van der Waals surface area (Å²) in [6, 6.07) is 11.5. The molecular formula is C22H14F4N4O2S. The fourth-order valence-corrected chi connectivity index (χ4v) is 3.65. The van der Waals surface area contributed by atoms with Crippen LogP contribution in [0.15, 0.2) is 59.5 Å². The lowest BCUT2D eigenvalue weighted by atomic mass is 10.1. The van der Waals surface area contributed by atoms with Crippen LogP contribution in [-0.2, 0) is 15.8 Å². The van der Waals surface area contributed by atoms with Gasteiger partial charge in [-0.1, -0.05) is 24.3 Å². The monoisotopic (exact) mass is 474 g/mol. The number of anilines is 3. The van der Waals surface area contributed by atoms with Gasteiger partial charge in [0.25, 0.3) is 5.91 Å². The van der Waals surface area contributed by atoms with E-state index in [9.17, 15) is 32.4 Å². The van der Waals surface area contributed by atoms with Crippen LogP contribution in [-0.4, -0.2) is 16.8 Å². The van der Waals surface area contributed by atoms with Gasteiger partial charge in [0.15, 0.2) is 5.13 Å². The molecule has 2 amide bonds. The van der Waals surface area contributed by atoms with Gasteiger partial charge in [-0.2, -0.15) is 18.4 Å². The summed E-state index contributed by atoms with van der Waals surface area (Å²) in [5.74, 6) is -2.24. The molecule has 0 aliphatic rings. The molecule has 2 aromatic carbocycles. The van der Waals surface area contributed by atoms with Crippen LogP contribution in [0.25, 0.3) is 6.08 Å². The van der Waals surface area contributed by atoms with Gasteiger partial charge in [0, 0.05) is 12.3 Å². The second kappa shape index (κ2) is 9.62. The van der Waals surface area contributed by atoms with Crippen molar-refractivity contribution in [2.75, 3.05) is 10.2 Å². The first-order valence-electron chi connectivity index (χ1n) is 9.22. The van der Waals surface area contributed by atoms with Crippen molar-refractivity contribution >= 4 is 45.7 Å². The molecule has 0 spiro atoms. The third-order valence-corrected chi connectivity index (χ3v) is 5.09. The molecule has 0 saturated heterocycles. The number of nitriles is 1. The van der Waals surface area contributed by atoms with Gasteiger partial charge in [0.2, 0.25) is 5.91 Å². The van der Waals surface area contributed by atoms with Gasteiger partial charge in [0.1, 0.15) is 17.5 Å². The molecule has 168 valence electrons. The predicted octanol–water partition coefficient (Wildman–Crippen LogP) is 5.53. The van der Waals surface area contributed by atoms with Crippen LogP contribution in [0.2, 0.25) is 0 Å². The lowest BCUT2D eigenvalue weighted by Gasteiger charge is -2.18. The van der Waals surface area contributed by atoms with Crippen LogP contribution >= 0.6 is 11.3 Å². The zero-order chi connectivity index (χ0) is 24.2. The van der Waals surface area contributed by atoms with E-state index in [1.807, 2.05) is 0 Å². The van der Waals surface area contributed by atoms with Gasteiger partial charge >= 0.3 is 6.18 Å². The molecule has 0 saturated carbocycles. The molecular weight excluding hydrogens is 460 g/mol. The van der Waals surface area contributed by atoms with Gasteiger partial charge in [-0.15, -0.1) is 11.3 Å². The van der Waals surface area contributed by atoms with E-state index in [1.165, 1.54) is 42.6 Å². The molecule has 33 heavy (non-hydrogen) atoms. The number of nitrogens with one attached hydrogen (secondary N) is 1. The summed E-state index contributed by atoms with van der Waals surface area (Å²) in [7, 11) is 0. The Morgan fingerprint density at radius 1 is 1.15 bits per heavy atom. The van der Waals surface area contributed by atoms with Crippen molar-refractivity contribution in [2.45, 2.75) is 13.1 Å². The normalized spacial score (nSPS) is 11.6. The highest BCUT2D eigenvalue weighted by atomic mass is 32.1. The summed E-state index contributed by atoms with van der Waals surface area (Å²) in [5, 5.41) is 12.9. The van der Waals surface area contributed by atoms with E-state index in [2.05, 4.69) is 10.3 Å². The summed E-state index contributed by atoms with van der Waals surface area (Å²) in [6.45, 7) is 1.22. The van der Waals surface area contributed by atoms with Crippen molar-refractivity contribution in [3.05, 3.63) is 76.6 Å². The number of para-hydroxylation sites is 2. The summed E-state index contributed by atoms with van der Waals surface area (Å²) >= 11 is 0.956. The Balaban J connectivity index is 1.89. The molecule has 0 bridgehead atoms. The van der Waals surface area contributed by atoms with E-state index < -0.39 is 40.6 Å². The van der Waals surface area contributed by atoms with Gasteiger partial charge in [-0.3, -0.25) is 14.5 Å². The highest BCUT2D eigenvalue weighted by Gasteiger charge is 2.33. The second-order valence-electron chi connectivity index (χ2n) is 6.53. The number of benzene rings is 2. The number of aromatic nitrogens is 1. The van der Waals surface area contributed by atoms with Gasteiger partial charge in [-0.25, -0.2) is 9.37 Å². The molecule has 0 radical (unpaired) electrons. The number of nitrogens with zero attached hydrogens (tertiary/aromatic N) is 3. The van der Waals surface area contributed by atoms with Crippen LogP contribution < -0.4 is 10.2 Å². The zero-order valence-corrected chi connectivity index (χ0v) is 17.7. The minimum absolute atomic E-state index is 0.0307. The molecule has 0 unspecified atom stereocenters. The minimum Gasteiger partial charge on any atom is -0.321 e. The maximum atomic E-state index is 14.2. The number of hydrogen-bond acceptors (Lipinski definition) is 5. The van der Waals surface area contributed by atoms with Crippen LogP contribution in [0.1, 0.15) is 18.2 Å². The first-order chi connectivity index (χ1) is 15.6. The number of rotatable bonds is 5. The summed E-state index contributed by atoms with van der Waals surface area (Å²) < 4.78 is 53.6. The Bertz CT molecular complexity index is 1280. The molecule has 1 N–H and O–H groups in total. The quantitative estimate of drug-likeness (QED) is 0.299. The van der Waals surface area contributed by atoms with E-state index >= 15 is 0 Å². The van der Waals surface area contributed by atoms with Crippen molar-refractivity contribution in [1.29, 1.82) is 5.26 Å². The average molecular weight is 474 g/mol. The van der Waals surface area contributed by atoms with Crippen molar-refractivity contribution in [2.24, 2.45) is 0 Å². The fraction of sp³-hybridized carbons (Fsp3) is 0.0909. The third-order valence-electron chi connectivity index (χ3n) is 4.25. The van der Waals surface area contributed by atoms with E-state index in [0.717, 1.165) is 34.4 Å². The molecule has 0 atom stereocenters. The number of carbonyl (C=O) groups excluding carboxylic acids is 2. The molecule has 6 nitrogen and oxygen atoms in total. The number of hydrogen-bond donors (Lipinski definition) is 1. The van der Waals surface area contributed by atoms with Gasteiger partial charge in [-0.05, 0) is 30.3 Å². The van der Waals surface area contributed by atoms with Crippen molar-refractivity contribution in [3.8, 4) is 6.07 Å². The van der Waals surface area contributed by atoms with E-state index in [4.69, 9.17) is 0 Å². The molecule has 0 aliphatic heterocycles. The number of halogens is 4. The van der Waals surface area contributed by atoms with Crippen molar-refractivity contribution < 1.29 is 27.2 Å². The maximum absolute atomic E-state index is 14.2. The predicted molar refractivity (Wildman–Crippen MR) is 115 cm³/mol.